The average molecular weight is 300 g/mol. The average Bonchev–Trinajstić information content (AvgIpc) is 2.49. The summed E-state index contributed by atoms with van der Waals surface area (Å²) in [4.78, 5) is 12.7. The van der Waals surface area contributed by atoms with Gasteiger partial charge in [-0.3, -0.25) is 4.79 Å². The molecule has 0 atom stereocenters. The Labute approximate surface area is 126 Å². The lowest BCUT2D eigenvalue weighted by Crippen LogP contribution is -2.02. The molecule has 0 aliphatic heterocycles. The van der Waals surface area contributed by atoms with Crippen LogP contribution in [0.5, 0.6) is 11.5 Å². The lowest BCUT2D eigenvalue weighted by Gasteiger charge is -2.07. The number of fused-ring (bicyclic) bond motifs is 2. The van der Waals surface area contributed by atoms with Crippen LogP contribution >= 0.6 is 11.3 Å². The lowest BCUT2D eigenvalue weighted by molar-refractivity contribution is 0.340. The zero-order valence-electron chi connectivity index (χ0n) is 12.0. The van der Waals surface area contributed by atoms with E-state index in [1.54, 1.807) is 11.3 Å². The molecule has 108 valence electrons. The van der Waals surface area contributed by atoms with Gasteiger partial charge in [-0.2, -0.15) is 0 Å². The summed E-state index contributed by atoms with van der Waals surface area (Å²) in [6.45, 7) is 5.04. The van der Waals surface area contributed by atoms with Gasteiger partial charge in [-0.05, 0) is 50.2 Å². The minimum absolute atomic E-state index is 0.0295. The number of rotatable bonds is 4. The second-order valence-corrected chi connectivity index (χ2v) is 5.70. The van der Waals surface area contributed by atoms with Gasteiger partial charge in [-0.25, -0.2) is 0 Å². The Morgan fingerprint density at radius 2 is 1.33 bits per heavy atom. The molecule has 0 saturated heterocycles. The summed E-state index contributed by atoms with van der Waals surface area (Å²) in [6.07, 6.45) is 0. The molecule has 0 fully saturated rings. The summed E-state index contributed by atoms with van der Waals surface area (Å²) in [5.41, 5.74) is 0.0295. The first kappa shape index (κ1) is 13.9. The van der Waals surface area contributed by atoms with E-state index < -0.39 is 0 Å². The molecule has 0 aliphatic rings. The molecule has 3 rings (SSSR count). The molecule has 21 heavy (non-hydrogen) atoms. The third kappa shape index (κ3) is 2.59. The summed E-state index contributed by atoms with van der Waals surface area (Å²) in [5, 5.41) is 1.40. The number of ether oxygens (including phenoxy) is 2. The zero-order chi connectivity index (χ0) is 14.8. The highest BCUT2D eigenvalue weighted by Crippen LogP contribution is 2.29. The Morgan fingerprint density at radius 1 is 0.857 bits per heavy atom. The maximum atomic E-state index is 12.7. The van der Waals surface area contributed by atoms with Crippen LogP contribution in [0.4, 0.5) is 0 Å². The van der Waals surface area contributed by atoms with Crippen LogP contribution in [0.15, 0.2) is 41.2 Å². The van der Waals surface area contributed by atoms with Crippen LogP contribution in [0.3, 0.4) is 0 Å². The number of hydrogen-bond donors (Lipinski definition) is 0. The molecule has 3 aromatic rings. The summed E-state index contributed by atoms with van der Waals surface area (Å²) < 4.78 is 12.9. The second-order valence-electron chi connectivity index (χ2n) is 4.61. The topological polar surface area (TPSA) is 35.5 Å². The fraction of sp³-hybridized carbons (Fsp3) is 0.235. The largest absolute Gasteiger partial charge is 0.494 e. The van der Waals surface area contributed by atoms with E-state index in [0.29, 0.717) is 24.0 Å². The van der Waals surface area contributed by atoms with Crippen molar-refractivity contribution < 1.29 is 9.47 Å². The van der Waals surface area contributed by atoms with Crippen molar-refractivity contribution >= 4 is 31.5 Å². The van der Waals surface area contributed by atoms with Gasteiger partial charge in [0.2, 0.25) is 0 Å². The van der Waals surface area contributed by atoms with Crippen LogP contribution in [0.1, 0.15) is 13.8 Å². The summed E-state index contributed by atoms with van der Waals surface area (Å²) in [5.74, 6) is 1.46. The van der Waals surface area contributed by atoms with Gasteiger partial charge in [0.05, 0.1) is 13.2 Å². The van der Waals surface area contributed by atoms with E-state index >= 15 is 0 Å². The summed E-state index contributed by atoms with van der Waals surface area (Å²) >= 11 is 1.61. The summed E-state index contributed by atoms with van der Waals surface area (Å²) in [6, 6.07) is 11.4. The Bertz CT molecular complexity index is 785. The fourth-order valence-corrected chi connectivity index (χ4v) is 3.36. The SMILES string of the molecule is CCOc1ccc2sc3ccc(OCC)cc3c(=O)c2c1. The van der Waals surface area contributed by atoms with Crippen LogP contribution < -0.4 is 14.9 Å². The molecular weight excluding hydrogens is 284 g/mol. The normalized spacial score (nSPS) is 11.0. The van der Waals surface area contributed by atoms with E-state index in [4.69, 9.17) is 9.47 Å². The number of hydrogen-bond acceptors (Lipinski definition) is 4. The molecule has 4 heteroatoms. The molecule has 0 N–H and O–H groups in total. The van der Waals surface area contributed by atoms with Crippen LogP contribution in [0.2, 0.25) is 0 Å². The monoisotopic (exact) mass is 300 g/mol. The van der Waals surface area contributed by atoms with Crippen molar-refractivity contribution in [3.63, 3.8) is 0 Å². The fourth-order valence-electron chi connectivity index (χ4n) is 2.33. The Kier molecular flexibility index (Phi) is 3.80. The molecule has 2 aromatic carbocycles. The molecular formula is C17H16O3S. The Hall–Kier alpha value is -2.07. The van der Waals surface area contributed by atoms with Crippen molar-refractivity contribution in [2.45, 2.75) is 13.8 Å². The van der Waals surface area contributed by atoms with Crippen molar-refractivity contribution in [2.75, 3.05) is 13.2 Å². The van der Waals surface area contributed by atoms with Crippen LogP contribution in [-0.4, -0.2) is 13.2 Å². The van der Waals surface area contributed by atoms with E-state index in [0.717, 1.165) is 20.9 Å². The van der Waals surface area contributed by atoms with Gasteiger partial charge in [-0.15, -0.1) is 11.3 Å². The first-order valence-electron chi connectivity index (χ1n) is 6.99. The molecule has 0 saturated carbocycles. The smallest absolute Gasteiger partial charge is 0.196 e. The van der Waals surface area contributed by atoms with Gasteiger partial charge in [0, 0.05) is 20.2 Å². The van der Waals surface area contributed by atoms with Gasteiger partial charge < -0.3 is 9.47 Å². The highest BCUT2D eigenvalue weighted by atomic mass is 32.1. The minimum Gasteiger partial charge on any atom is -0.494 e. The molecule has 1 heterocycles. The Balaban J connectivity index is 2.26. The van der Waals surface area contributed by atoms with Gasteiger partial charge >= 0.3 is 0 Å². The van der Waals surface area contributed by atoms with E-state index in [9.17, 15) is 4.79 Å². The van der Waals surface area contributed by atoms with Gasteiger partial charge in [0.15, 0.2) is 5.43 Å². The molecule has 3 nitrogen and oxygen atoms in total. The second kappa shape index (κ2) is 5.74. The number of benzene rings is 2. The van der Waals surface area contributed by atoms with Crippen molar-refractivity contribution in [3.8, 4) is 11.5 Å². The quantitative estimate of drug-likeness (QED) is 0.677. The van der Waals surface area contributed by atoms with E-state index in [1.807, 2.05) is 50.2 Å². The van der Waals surface area contributed by atoms with Crippen molar-refractivity contribution in [2.24, 2.45) is 0 Å². The van der Waals surface area contributed by atoms with E-state index in [-0.39, 0.29) is 5.43 Å². The minimum atomic E-state index is 0.0295. The maximum absolute atomic E-state index is 12.7. The molecule has 1 aromatic heterocycles. The van der Waals surface area contributed by atoms with E-state index in [1.165, 1.54) is 0 Å². The van der Waals surface area contributed by atoms with E-state index in [2.05, 4.69) is 0 Å². The first-order chi connectivity index (χ1) is 10.2. The maximum Gasteiger partial charge on any atom is 0.196 e. The summed E-state index contributed by atoms with van der Waals surface area (Å²) in [7, 11) is 0. The third-order valence-corrected chi connectivity index (χ3v) is 4.39. The molecule has 0 bridgehead atoms. The molecule has 0 unspecified atom stereocenters. The van der Waals surface area contributed by atoms with Gasteiger partial charge in [-0.1, -0.05) is 0 Å². The molecule has 0 aliphatic carbocycles. The van der Waals surface area contributed by atoms with Crippen LogP contribution in [0.25, 0.3) is 20.2 Å². The van der Waals surface area contributed by atoms with Crippen LogP contribution in [0, 0.1) is 0 Å². The van der Waals surface area contributed by atoms with Crippen molar-refractivity contribution in [1.29, 1.82) is 0 Å². The lowest BCUT2D eigenvalue weighted by atomic mass is 10.1. The van der Waals surface area contributed by atoms with Gasteiger partial charge in [0.1, 0.15) is 11.5 Å². The Morgan fingerprint density at radius 3 is 1.76 bits per heavy atom. The van der Waals surface area contributed by atoms with Crippen molar-refractivity contribution in [1.82, 2.24) is 0 Å². The molecule has 0 radical (unpaired) electrons. The molecule has 0 spiro atoms. The third-order valence-electron chi connectivity index (χ3n) is 3.23. The van der Waals surface area contributed by atoms with Gasteiger partial charge in [0.25, 0.3) is 0 Å². The highest BCUT2D eigenvalue weighted by Gasteiger charge is 2.08. The van der Waals surface area contributed by atoms with Crippen molar-refractivity contribution in [3.05, 3.63) is 46.6 Å². The zero-order valence-corrected chi connectivity index (χ0v) is 12.8. The predicted octanol–water partition coefficient (Wildman–Crippen LogP) is 4.21. The van der Waals surface area contributed by atoms with Crippen LogP contribution in [-0.2, 0) is 0 Å². The standard InChI is InChI=1S/C17H16O3S/c1-3-19-11-5-7-15-13(9-11)17(18)14-10-12(20-4-2)6-8-16(14)21-15/h5-10H,3-4H2,1-2H3. The predicted molar refractivity (Wildman–Crippen MR) is 87.9 cm³/mol. The molecule has 0 amide bonds. The highest BCUT2D eigenvalue weighted by molar-refractivity contribution is 7.24. The first-order valence-corrected chi connectivity index (χ1v) is 7.80.